The molecule has 1 amide bonds. The van der Waals surface area contributed by atoms with E-state index >= 15 is 0 Å². The number of benzene rings is 2. The Hall–Kier alpha value is -2.17. The Morgan fingerprint density at radius 1 is 1.12 bits per heavy atom. The molecule has 0 radical (unpaired) electrons. The summed E-state index contributed by atoms with van der Waals surface area (Å²) in [6.45, 7) is 4.43. The van der Waals surface area contributed by atoms with Crippen LogP contribution in [0.2, 0.25) is 0 Å². The van der Waals surface area contributed by atoms with Gasteiger partial charge in [-0.05, 0) is 48.1 Å². The van der Waals surface area contributed by atoms with Gasteiger partial charge in [-0.2, -0.15) is 0 Å². The summed E-state index contributed by atoms with van der Waals surface area (Å²) in [5, 5.41) is 2.98. The van der Waals surface area contributed by atoms with Crippen LogP contribution in [0.5, 0.6) is 0 Å². The molecule has 0 saturated carbocycles. The summed E-state index contributed by atoms with van der Waals surface area (Å²) in [5.41, 5.74) is 4.88. The van der Waals surface area contributed by atoms with E-state index < -0.39 is 0 Å². The molecule has 0 spiro atoms. The first-order chi connectivity index (χ1) is 12.8. The van der Waals surface area contributed by atoms with E-state index in [2.05, 4.69) is 46.6 Å². The largest absolute Gasteiger partial charge is 0.376 e. The molecule has 0 bridgehead atoms. The summed E-state index contributed by atoms with van der Waals surface area (Å²) in [6.07, 6.45) is 3.43. The van der Waals surface area contributed by atoms with E-state index in [0.29, 0.717) is 6.54 Å². The van der Waals surface area contributed by atoms with Crippen LogP contribution in [-0.2, 0) is 24.2 Å². The van der Waals surface area contributed by atoms with Crippen molar-refractivity contribution in [2.75, 3.05) is 19.7 Å². The number of carbonyl (C=O) groups excluding carboxylic acids is 1. The van der Waals surface area contributed by atoms with Crippen LogP contribution < -0.4 is 5.32 Å². The second-order valence-electron chi connectivity index (χ2n) is 7.27. The maximum Gasteiger partial charge on any atom is 0.251 e. The average Bonchev–Trinajstić information content (AvgIpc) is 3.20. The molecule has 26 heavy (non-hydrogen) atoms. The topological polar surface area (TPSA) is 41.6 Å². The van der Waals surface area contributed by atoms with E-state index in [0.717, 1.165) is 51.1 Å². The van der Waals surface area contributed by atoms with Gasteiger partial charge in [-0.3, -0.25) is 9.69 Å². The van der Waals surface area contributed by atoms with Gasteiger partial charge in [-0.1, -0.05) is 36.4 Å². The summed E-state index contributed by atoms with van der Waals surface area (Å²) in [5.74, 6) is -0.0149. The van der Waals surface area contributed by atoms with Crippen molar-refractivity contribution in [1.29, 1.82) is 0 Å². The van der Waals surface area contributed by atoms with Crippen molar-refractivity contribution < 1.29 is 9.53 Å². The summed E-state index contributed by atoms with van der Waals surface area (Å²) >= 11 is 0. The number of ether oxygens (including phenoxy) is 1. The van der Waals surface area contributed by atoms with E-state index in [1.54, 1.807) is 0 Å². The molecule has 136 valence electrons. The SMILES string of the molecule is O=C(NC[C@H]1CCCO1)c1ccc(CN2CCc3ccccc3C2)cc1. The molecule has 1 N–H and O–H groups in total. The van der Waals surface area contributed by atoms with E-state index in [9.17, 15) is 4.79 Å². The number of amides is 1. The number of hydrogen-bond donors (Lipinski definition) is 1. The van der Waals surface area contributed by atoms with Crippen molar-refractivity contribution >= 4 is 5.91 Å². The molecule has 1 atom stereocenters. The van der Waals surface area contributed by atoms with Gasteiger partial charge < -0.3 is 10.1 Å². The summed E-state index contributed by atoms with van der Waals surface area (Å²) < 4.78 is 5.55. The molecule has 2 aliphatic heterocycles. The molecule has 4 heteroatoms. The van der Waals surface area contributed by atoms with Crippen molar-refractivity contribution in [3.8, 4) is 0 Å². The predicted octanol–water partition coefficient (Wildman–Crippen LogP) is 3.15. The highest BCUT2D eigenvalue weighted by molar-refractivity contribution is 5.94. The molecule has 4 nitrogen and oxygen atoms in total. The lowest BCUT2D eigenvalue weighted by Crippen LogP contribution is -2.32. The molecule has 1 saturated heterocycles. The molecule has 2 aliphatic rings. The van der Waals surface area contributed by atoms with Crippen LogP contribution in [0.25, 0.3) is 0 Å². The van der Waals surface area contributed by atoms with E-state index in [1.165, 1.54) is 16.7 Å². The molecule has 0 aliphatic carbocycles. The zero-order valence-electron chi connectivity index (χ0n) is 15.1. The lowest BCUT2D eigenvalue weighted by atomic mass is 9.99. The van der Waals surface area contributed by atoms with E-state index in [4.69, 9.17) is 4.74 Å². The first kappa shape index (κ1) is 17.3. The maximum atomic E-state index is 12.3. The third-order valence-corrected chi connectivity index (χ3v) is 5.35. The number of fused-ring (bicyclic) bond motifs is 1. The number of rotatable bonds is 5. The number of nitrogens with one attached hydrogen (secondary N) is 1. The molecular weight excluding hydrogens is 324 g/mol. The minimum atomic E-state index is -0.0149. The Morgan fingerprint density at radius 3 is 2.69 bits per heavy atom. The fourth-order valence-electron chi connectivity index (χ4n) is 3.82. The Balaban J connectivity index is 1.31. The van der Waals surface area contributed by atoms with Crippen LogP contribution in [0.4, 0.5) is 0 Å². The molecule has 0 unspecified atom stereocenters. The van der Waals surface area contributed by atoms with Gasteiger partial charge in [-0.15, -0.1) is 0 Å². The van der Waals surface area contributed by atoms with Crippen molar-refractivity contribution in [2.45, 2.75) is 38.5 Å². The smallest absolute Gasteiger partial charge is 0.251 e. The van der Waals surface area contributed by atoms with Crippen LogP contribution in [-0.4, -0.2) is 36.6 Å². The van der Waals surface area contributed by atoms with Crippen molar-refractivity contribution in [3.05, 3.63) is 70.8 Å². The Kier molecular flexibility index (Phi) is 5.32. The Labute approximate surface area is 155 Å². The standard InChI is InChI=1S/C22H26N2O2/c25-22(23-14-21-6-3-13-26-21)19-9-7-17(8-10-19)15-24-12-11-18-4-1-2-5-20(18)16-24/h1-2,4-5,7-10,21H,3,6,11-16H2,(H,23,25)/t21-/m1/s1. The second-order valence-corrected chi connectivity index (χ2v) is 7.27. The van der Waals surface area contributed by atoms with Crippen molar-refractivity contribution in [1.82, 2.24) is 10.2 Å². The Bertz CT molecular complexity index is 751. The van der Waals surface area contributed by atoms with Crippen molar-refractivity contribution in [3.63, 3.8) is 0 Å². The second kappa shape index (κ2) is 8.02. The van der Waals surface area contributed by atoms with Gasteiger partial charge in [0.1, 0.15) is 0 Å². The molecule has 0 aromatic heterocycles. The van der Waals surface area contributed by atoms with Gasteiger partial charge in [0.05, 0.1) is 6.10 Å². The molecule has 1 fully saturated rings. The minimum absolute atomic E-state index is 0.0149. The van der Waals surface area contributed by atoms with Crippen LogP contribution in [0.1, 0.15) is 39.9 Å². The summed E-state index contributed by atoms with van der Waals surface area (Å²) in [4.78, 5) is 14.7. The van der Waals surface area contributed by atoms with Gasteiger partial charge in [0, 0.05) is 38.3 Å². The average molecular weight is 350 g/mol. The fraction of sp³-hybridized carbons (Fsp3) is 0.409. The molecule has 2 aromatic carbocycles. The van der Waals surface area contributed by atoms with Crippen LogP contribution in [0, 0.1) is 0 Å². The molecular formula is C22H26N2O2. The highest BCUT2D eigenvalue weighted by Crippen LogP contribution is 2.20. The fourth-order valence-corrected chi connectivity index (χ4v) is 3.82. The first-order valence-electron chi connectivity index (χ1n) is 9.56. The van der Waals surface area contributed by atoms with Crippen LogP contribution in [0.3, 0.4) is 0 Å². The van der Waals surface area contributed by atoms with Gasteiger partial charge in [0.2, 0.25) is 0 Å². The van der Waals surface area contributed by atoms with Gasteiger partial charge in [0.25, 0.3) is 5.91 Å². The predicted molar refractivity (Wildman–Crippen MR) is 102 cm³/mol. The highest BCUT2D eigenvalue weighted by atomic mass is 16.5. The quantitative estimate of drug-likeness (QED) is 0.901. The minimum Gasteiger partial charge on any atom is -0.376 e. The van der Waals surface area contributed by atoms with Gasteiger partial charge in [-0.25, -0.2) is 0 Å². The molecule has 2 heterocycles. The lowest BCUT2D eigenvalue weighted by Gasteiger charge is -2.28. The van der Waals surface area contributed by atoms with E-state index in [1.807, 2.05) is 12.1 Å². The third kappa shape index (κ3) is 4.14. The Morgan fingerprint density at radius 2 is 1.92 bits per heavy atom. The first-order valence-corrected chi connectivity index (χ1v) is 9.56. The highest BCUT2D eigenvalue weighted by Gasteiger charge is 2.17. The van der Waals surface area contributed by atoms with E-state index in [-0.39, 0.29) is 12.0 Å². The normalized spacial score (nSPS) is 19.9. The zero-order valence-corrected chi connectivity index (χ0v) is 15.1. The van der Waals surface area contributed by atoms with Crippen LogP contribution in [0.15, 0.2) is 48.5 Å². The number of hydrogen-bond acceptors (Lipinski definition) is 3. The van der Waals surface area contributed by atoms with Gasteiger partial charge >= 0.3 is 0 Å². The summed E-state index contributed by atoms with van der Waals surface area (Å²) in [6, 6.07) is 16.7. The van der Waals surface area contributed by atoms with Gasteiger partial charge in [0.15, 0.2) is 0 Å². The molecule has 2 aromatic rings. The number of carbonyl (C=O) groups is 1. The lowest BCUT2D eigenvalue weighted by molar-refractivity contribution is 0.0858. The van der Waals surface area contributed by atoms with Crippen LogP contribution >= 0.6 is 0 Å². The third-order valence-electron chi connectivity index (χ3n) is 5.35. The summed E-state index contributed by atoms with van der Waals surface area (Å²) in [7, 11) is 0. The van der Waals surface area contributed by atoms with Crippen molar-refractivity contribution in [2.24, 2.45) is 0 Å². The zero-order chi connectivity index (χ0) is 17.8. The number of nitrogens with zero attached hydrogens (tertiary/aromatic N) is 1. The molecule has 4 rings (SSSR count). The monoisotopic (exact) mass is 350 g/mol. The maximum absolute atomic E-state index is 12.3.